The Morgan fingerprint density at radius 3 is 2.61 bits per heavy atom. The fraction of sp³-hybridized carbons (Fsp3) is 0.647. The fourth-order valence-electron chi connectivity index (χ4n) is 3.52. The van der Waals surface area contributed by atoms with Crippen LogP contribution in [0.3, 0.4) is 0 Å². The highest BCUT2D eigenvalue weighted by atomic mass is 16.2. The van der Waals surface area contributed by atoms with E-state index >= 15 is 0 Å². The summed E-state index contributed by atoms with van der Waals surface area (Å²) in [5.41, 5.74) is 0. The third-order valence-electron chi connectivity index (χ3n) is 5.15. The smallest absolute Gasteiger partial charge is 0.325 e. The number of carbonyl (C=O) groups is 4. The van der Waals surface area contributed by atoms with E-state index < -0.39 is 11.9 Å². The molecule has 0 spiro atoms. The molecule has 1 aliphatic heterocycles. The molecule has 0 bridgehead atoms. The summed E-state index contributed by atoms with van der Waals surface area (Å²) in [6, 6.07) is -0.585. The molecule has 11 nitrogen and oxygen atoms in total. The Bertz CT molecular complexity index is 738. The molecule has 0 radical (unpaired) electrons. The van der Waals surface area contributed by atoms with E-state index in [1.807, 2.05) is 7.05 Å². The van der Waals surface area contributed by atoms with Gasteiger partial charge >= 0.3 is 6.03 Å². The number of nitrogens with one attached hydrogen (secondary N) is 3. The fourth-order valence-corrected chi connectivity index (χ4v) is 3.52. The van der Waals surface area contributed by atoms with Crippen LogP contribution in [0.5, 0.6) is 0 Å². The average Bonchev–Trinajstić information content (AvgIpc) is 3.22. The van der Waals surface area contributed by atoms with Gasteiger partial charge in [-0.1, -0.05) is 0 Å². The molecule has 1 aliphatic carbocycles. The van der Waals surface area contributed by atoms with Crippen molar-refractivity contribution < 1.29 is 19.2 Å². The molecule has 0 aromatic carbocycles. The lowest BCUT2D eigenvalue weighted by Crippen LogP contribution is -2.46. The van der Waals surface area contributed by atoms with Gasteiger partial charge in [-0.05, 0) is 25.7 Å². The molecule has 1 aromatic rings. The van der Waals surface area contributed by atoms with E-state index in [2.05, 4.69) is 26.0 Å². The molecule has 0 unspecified atom stereocenters. The van der Waals surface area contributed by atoms with Crippen molar-refractivity contribution in [2.75, 3.05) is 19.6 Å². The molecular formula is C17H25N7O4. The number of imide groups is 1. The molecule has 0 atom stereocenters. The zero-order valence-corrected chi connectivity index (χ0v) is 15.8. The van der Waals surface area contributed by atoms with E-state index in [1.165, 1.54) is 6.33 Å². The predicted molar refractivity (Wildman–Crippen MR) is 96.7 cm³/mol. The Balaban J connectivity index is 1.35. The number of nitrogens with zero attached hydrogens (tertiary/aromatic N) is 4. The Hall–Kier alpha value is -2.98. The van der Waals surface area contributed by atoms with E-state index in [9.17, 15) is 19.2 Å². The lowest BCUT2D eigenvalue weighted by molar-refractivity contribution is -0.131. The molecule has 11 heteroatoms. The van der Waals surface area contributed by atoms with Crippen LogP contribution in [-0.2, 0) is 27.9 Å². The number of carbonyl (C=O) groups excluding carboxylic acids is 4. The summed E-state index contributed by atoms with van der Waals surface area (Å²) < 4.78 is 1.68. The van der Waals surface area contributed by atoms with Crippen molar-refractivity contribution in [1.82, 2.24) is 35.6 Å². The molecular weight excluding hydrogens is 366 g/mol. The second-order valence-electron chi connectivity index (χ2n) is 7.10. The van der Waals surface area contributed by atoms with Gasteiger partial charge in [0, 0.05) is 32.0 Å². The number of hydrogen-bond donors (Lipinski definition) is 3. The van der Waals surface area contributed by atoms with Gasteiger partial charge in [-0.25, -0.2) is 9.78 Å². The minimum absolute atomic E-state index is 0.0197. The van der Waals surface area contributed by atoms with Gasteiger partial charge in [-0.2, -0.15) is 5.10 Å². The van der Waals surface area contributed by atoms with Crippen LogP contribution < -0.4 is 16.0 Å². The molecule has 28 heavy (non-hydrogen) atoms. The molecule has 2 heterocycles. The largest absolute Gasteiger partial charge is 0.355 e. The SMILES string of the molecule is Cn1ncnc1CCNC(=O)C1CCC(NC(=O)CN2C(=O)CNC2=O)CC1. The van der Waals surface area contributed by atoms with Gasteiger partial charge in [-0.15, -0.1) is 0 Å². The maximum Gasteiger partial charge on any atom is 0.325 e. The summed E-state index contributed by atoms with van der Waals surface area (Å²) in [6.45, 7) is 0.171. The highest BCUT2D eigenvalue weighted by Crippen LogP contribution is 2.24. The molecule has 1 aromatic heterocycles. The first kappa shape index (κ1) is 19.8. The Labute approximate surface area is 162 Å². The summed E-state index contributed by atoms with van der Waals surface area (Å²) in [5.74, 6) is 0.00517. The number of aromatic nitrogens is 3. The first-order chi connectivity index (χ1) is 13.4. The van der Waals surface area contributed by atoms with Crippen LogP contribution in [0.2, 0.25) is 0 Å². The summed E-state index contributed by atoms with van der Waals surface area (Å²) in [6.07, 6.45) is 4.85. The maximum absolute atomic E-state index is 12.3. The van der Waals surface area contributed by atoms with Gasteiger partial charge in [-0.3, -0.25) is 24.0 Å². The van der Waals surface area contributed by atoms with Gasteiger partial charge in [0.1, 0.15) is 18.7 Å². The summed E-state index contributed by atoms with van der Waals surface area (Å²) in [7, 11) is 1.81. The summed E-state index contributed by atoms with van der Waals surface area (Å²) in [5, 5.41) is 12.2. The highest BCUT2D eigenvalue weighted by molar-refractivity contribution is 6.04. The number of hydrogen-bond acceptors (Lipinski definition) is 6. The van der Waals surface area contributed by atoms with Crippen LogP contribution >= 0.6 is 0 Å². The zero-order chi connectivity index (χ0) is 20.1. The van der Waals surface area contributed by atoms with E-state index in [1.54, 1.807) is 4.68 Å². The van der Waals surface area contributed by atoms with Crippen molar-refractivity contribution in [1.29, 1.82) is 0 Å². The normalized spacial score (nSPS) is 22.1. The number of aryl methyl sites for hydroxylation is 1. The zero-order valence-electron chi connectivity index (χ0n) is 15.8. The third kappa shape index (κ3) is 4.84. The van der Waals surface area contributed by atoms with Crippen molar-refractivity contribution in [3.63, 3.8) is 0 Å². The minimum Gasteiger partial charge on any atom is -0.355 e. The van der Waals surface area contributed by atoms with Crippen LogP contribution in [0.15, 0.2) is 6.33 Å². The molecule has 3 rings (SSSR count). The Morgan fingerprint density at radius 1 is 1.25 bits per heavy atom. The quantitative estimate of drug-likeness (QED) is 0.494. The summed E-state index contributed by atoms with van der Waals surface area (Å²) in [4.78, 5) is 52.4. The van der Waals surface area contributed by atoms with Crippen molar-refractivity contribution in [3.05, 3.63) is 12.2 Å². The summed E-state index contributed by atoms with van der Waals surface area (Å²) >= 11 is 0. The number of rotatable bonds is 7. The van der Waals surface area contributed by atoms with Crippen molar-refractivity contribution in [2.24, 2.45) is 13.0 Å². The van der Waals surface area contributed by atoms with Crippen LogP contribution in [0.25, 0.3) is 0 Å². The van der Waals surface area contributed by atoms with E-state index in [0.717, 1.165) is 10.7 Å². The van der Waals surface area contributed by atoms with E-state index in [0.29, 0.717) is 38.6 Å². The van der Waals surface area contributed by atoms with Crippen molar-refractivity contribution in [2.45, 2.75) is 38.1 Å². The van der Waals surface area contributed by atoms with Crippen LogP contribution in [0.4, 0.5) is 4.79 Å². The maximum atomic E-state index is 12.3. The lowest BCUT2D eigenvalue weighted by Gasteiger charge is -2.28. The van der Waals surface area contributed by atoms with Gasteiger partial charge in [0.2, 0.25) is 11.8 Å². The third-order valence-corrected chi connectivity index (χ3v) is 5.15. The molecule has 2 aliphatic rings. The Morgan fingerprint density at radius 2 is 2.00 bits per heavy atom. The van der Waals surface area contributed by atoms with Crippen molar-refractivity contribution in [3.8, 4) is 0 Å². The Kier molecular flexibility index (Phi) is 6.22. The second-order valence-corrected chi connectivity index (χ2v) is 7.10. The average molecular weight is 391 g/mol. The van der Waals surface area contributed by atoms with Gasteiger partial charge in [0.25, 0.3) is 5.91 Å². The van der Waals surface area contributed by atoms with Crippen molar-refractivity contribution >= 4 is 23.8 Å². The number of urea groups is 1. The van der Waals surface area contributed by atoms with E-state index in [-0.39, 0.29) is 36.9 Å². The molecule has 3 N–H and O–H groups in total. The number of amides is 5. The van der Waals surface area contributed by atoms with Gasteiger partial charge in [0.15, 0.2) is 0 Å². The van der Waals surface area contributed by atoms with Crippen LogP contribution in [0.1, 0.15) is 31.5 Å². The predicted octanol–water partition coefficient (Wildman–Crippen LogP) is -1.30. The second kappa shape index (κ2) is 8.81. The van der Waals surface area contributed by atoms with Crippen LogP contribution in [-0.4, -0.2) is 69.1 Å². The first-order valence-corrected chi connectivity index (χ1v) is 9.42. The van der Waals surface area contributed by atoms with Crippen LogP contribution in [0, 0.1) is 5.92 Å². The molecule has 2 fully saturated rings. The molecule has 1 saturated heterocycles. The standard InChI is InChI=1S/C17H25N7O4/c1-23-13(20-10-21-23)6-7-18-16(27)11-2-4-12(5-3-11)22-14(25)9-24-15(26)8-19-17(24)28/h10-12H,2-9H2,1H3,(H,18,27)(H,19,28)(H,22,25). The monoisotopic (exact) mass is 391 g/mol. The van der Waals surface area contributed by atoms with Gasteiger partial charge in [0.05, 0.1) is 6.54 Å². The molecule has 152 valence electrons. The van der Waals surface area contributed by atoms with E-state index in [4.69, 9.17) is 0 Å². The molecule has 5 amide bonds. The first-order valence-electron chi connectivity index (χ1n) is 9.42. The van der Waals surface area contributed by atoms with Gasteiger partial charge < -0.3 is 16.0 Å². The molecule has 1 saturated carbocycles. The topological polar surface area (TPSA) is 138 Å². The minimum atomic E-state index is -0.540. The lowest BCUT2D eigenvalue weighted by atomic mass is 9.85. The highest BCUT2D eigenvalue weighted by Gasteiger charge is 2.32.